The van der Waals surface area contributed by atoms with E-state index in [0.29, 0.717) is 12.8 Å². The second-order valence-corrected chi connectivity index (χ2v) is 8.75. The Balaban J connectivity index is 2.21. The average Bonchev–Trinajstić information content (AvgIpc) is 2.61. The van der Waals surface area contributed by atoms with Gasteiger partial charge in [0, 0.05) is 18.5 Å². The number of likely N-dealkylation sites (tertiary alicyclic amines) is 1. The van der Waals surface area contributed by atoms with Gasteiger partial charge in [0.2, 0.25) is 0 Å². The maximum Gasteiger partial charge on any atom is 0.418 e. The van der Waals surface area contributed by atoms with Crippen LogP contribution >= 0.6 is 0 Å². The van der Waals surface area contributed by atoms with E-state index >= 15 is 0 Å². The number of halogens is 4. The van der Waals surface area contributed by atoms with E-state index in [1.807, 2.05) is 0 Å². The third kappa shape index (κ3) is 5.85. The number of piperidine rings is 1. The van der Waals surface area contributed by atoms with Crippen LogP contribution in [0.4, 0.5) is 17.6 Å². The molecule has 1 aliphatic rings. The third-order valence-corrected chi connectivity index (χ3v) is 5.81. The van der Waals surface area contributed by atoms with Gasteiger partial charge in [-0.1, -0.05) is 13.8 Å². The third-order valence-electron chi connectivity index (χ3n) is 5.81. The Kier molecular flexibility index (Phi) is 7.40. The second kappa shape index (κ2) is 9.09. The fraction of sp³-hybridized carbons (Fsp3) is 0.667. The van der Waals surface area contributed by atoms with E-state index in [4.69, 9.17) is 9.84 Å². The summed E-state index contributed by atoms with van der Waals surface area (Å²) in [5.41, 5.74) is -4.01. The predicted octanol–water partition coefficient (Wildman–Crippen LogP) is 3.98. The fourth-order valence-electron chi connectivity index (χ4n) is 4.25. The number of ether oxygens (including phenoxy) is 1. The molecule has 1 unspecified atom stereocenters. The standard InChI is InChI=1S/C21H29F4NO4/c1-19(2,16-11-15(22)4-5-17(16)30-3)12-20(29,21(23,24)25)13-26-8-6-14(7-9-26)10-18(27)28/h4-5,11,14,29H,6-10,12-13H2,1-3H3,(H,27,28). The van der Waals surface area contributed by atoms with Gasteiger partial charge in [0.25, 0.3) is 0 Å². The van der Waals surface area contributed by atoms with Crippen molar-refractivity contribution in [3.63, 3.8) is 0 Å². The van der Waals surface area contributed by atoms with Crippen LogP contribution in [-0.2, 0) is 10.2 Å². The van der Waals surface area contributed by atoms with Crippen LogP contribution in [0.15, 0.2) is 18.2 Å². The molecule has 5 nitrogen and oxygen atoms in total. The van der Waals surface area contributed by atoms with Crippen molar-refractivity contribution in [1.82, 2.24) is 4.90 Å². The summed E-state index contributed by atoms with van der Waals surface area (Å²) in [4.78, 5) is 12.4. The average molecular weight is 435 g/mol. The molecule has 0 aromatic heterocycles. The summed E-state index contributed by atoms with van der Waals surface area (Å²) < 4.78 is 60.9. The quantitative estimate of drug-likeness (QED) is 0.605. The van der Waals surface area contributed by atoms with Gasteiger partial charge in [-0.2, -0.15) is 13.2 Å². The number of carbonyl (C=O) groups is 1. The van der Waals surface area contributed by atoms with Crippen LogP contribution < -0.4 is 4.74 Å². The Morgan fingerprint density at radius 2 is 1.83 bits per heavy atom. The Morgan fingerprint density at radius 3 is 2.33 bits per heavy atom. The summed E-state index contributed by atoms with van der Waals surface area (Å²) >= 11 is 0. The number of hydrogen-bond donors (Lipinski definition) is 2. The molecule has 1 aliphatic heterocycles. The van der Waals surface area contributed by atoms with E-state index < -0.39 is 41.9 Å². The highest BCUT2D eigenvalue weighted by atomic mass is 19.4. The van der Waals surface area contributed by atoms with E-state index in [9.17, 15) is 27.5 Å². The van der Waals surface area contributed by atoms with Gasteiger partial charge in [-0.25, -0.2) is 4.39 Å². The maximum atomic E-state index is 14.0. The minimum Gasteiger partial charge on any atom is -0.496 e. The van der Waals surface area contributed by atoms with Gasteiger partial charge in [-0.05, 0) is 61.9 Å². The van der Waals surface area contributed by atoms with E-state index in [1.165, 1.54) is 31.9 Å². The molecule has 1 aromatic carbocycles. The monoisotopic (exact) mass is 435 g/mol. The lowest BCUT2D eigenvalue weighted by Crippen LogP contribution is -2.57. The summed E-state index contributed by atoms with van der Waals surface area (Å²) in [6.45, 7) is 2.96. The van der Waals surface area contributed by atoms with E-state index in [0.717, 1.165) is 12.1 Å². The van der Waals surface area contributed by atoms with Crippen LogP contribution in [-0.4, -0.2) is 59.6 Å². The van der Waals surface area contributed by atoms with Crippen LogP contribution in [0.5, 0.6) is 5.75 Å². The van der Waals surface area contributed by atoms with Crippen LogP contribution in [0, 0.1) is 11.7 Å². The zero-order valence-electron chi connectivity index (χ0n) is 17.4. The smallest absolute Gasteiger partial charge is 0.418 e. The van der Waals surface area contributed by atoms with Gasteiger partial charge in [-0.3, -0.25) is 4.79 Å². The van der Waals surface area contributed by atoms with Crippen molar-refractivity contribution in [3.8, 4) is 5.75 Å². The molecule has 1 aromatic rings. The maximum absolute atomic E-state index is 14.0. The normalized spacial score (nSPS) is 18.8. The van der Waals surface area contributed by atoms with Gasteiger partial charge in [-0.15, -0.1) is 0 Å². The molecule has 0 amide bonds. The van der Waals surface area contributed by atoms with Crippen molar-refractivity contribution in [2.24, 2.45) is 5.92 Å². The molecule has 9 heteroatoms. The molecule has 2 N–H and O–H groups in total. The lowest BCUT2D eigenvalue weighted by Gasteiger charge is -2.42. The highest BCUT2D eigenvalue weighted by molar-refractivity contribution is 5.67. The number of β-amino-alcohol motifs (C(OH)–C–C–N with tert-alkyl or cyclic N) is 1. The molecule has 0 radical (unpaired) electrons. The summed E-state index contributed by atoms with van der Waals surface area (Å²) in [6.07, 6.45) is -4.67. The van der Waals surface area contributed by atoms with Crippen molar-refractivity contribution in [1.29, 1.82) is 0 Å². The lowest BCUT2D eigenvalue weighted by molar-refractivity contribution is -0.272. The highest BCUT2D eigenvalue weighted by Gasteiger charge is 2.57. The number of carboxylic acids is 1. The topological polar surface area (TPSA) is 70.0 Å². The molecule has 2 rings (SSSR count). The lowest BCUT2D eigenvalue weighted by atomic mass is 9.74. The van der Waals surface area contributed by atoms with E-state index in [1.54, 1.807) is 0 Å². The van der Waals surface area contributed by atoms with Crippen molar-refractivity contribution in [3.05, 3.63) is 29.6 Å². The molecular weight excluding hydrogens is 406 g/mol. The highest BCUT2D eigenvalue weighted by Crippen LogP contribution is 2.44. The summed E-state index contributed by atoms with van der Waals surface area (Å²) in [5.74, 6) is -1.35. The number of aliphatic carboxylic acids is 1. The minimum atomic E-state index is -4.90. The number of aliphatic hydroxyl groups is 1. The number of hydrogen-bond acceptors (Lipinski definition) is 4. The number of benzene rings is 1. The summed E-state index contributed by atoms with van der Waals surface area (Å²) in [5, 5.41) is 19.6. The number of rotatable bonds is 8. The van der Waals surface area contributed by atoms with E-state index in [-0.39, 0.29) is 36.7 Å². The second-order valence-electron chi connectivity index (χ2n) is 8.75. The van der Waals surface area contributed by atoms with Crippen molar-refractivity contribution < 1.29 is 37.3 Å². The van der Waals surface area contributed by atoms with Crippen molar-refractivity contribution in [2.45, 2.75) is 56.7 Å². The van der Waals surface area contributed by atoms with Gasteiger partial charge in [0.1, 0.15) is 11.6 Å². The van der Waals surface area contributed by atoms with Gasteiger partial charge in [0.05, 0.1) is 7.11 Å². The zero-order chi connectivity index (χ0) is 22.7. The van der Waals surface area contributed by atoms with Crippen LogP contribution in [0.1, 0.15) is 45.1 Å². The van der Waals surface area contributed by atoms with Crippen molar-refractivity contribution >= 4 is 5.97 Å². The molecule has 1 atom stereocenters. The molecule has 0 spiro atoms. The first-order valence-corrected chi connectivity index (χ1v) is 9.85. The largest absolute Gasteiger partial charge is 0.496 e. The van der Waals surface area contributed by atoms with Gasteiger partial charge in [0.15, 0.2) is 5.60 Å². The minimum absolute atomic E-state index is 0.0101. The van der Waals surface area contributed by atoms with Gasteiger partial charge < -0.3 is 19.8 Å². The molecule has 30 heavy (non-hydrogen) atoms. The Morgan fingerprint density at radius 1 is 1.23 bits per heavy atom. The predicted molar refractivity (Wildman–Crippen MR) is 103 cm³/mol. The summed E-state index contributed by atoms with van der Waals surface area (Å²) in [7, 11) is 1.35. The Bertz CT molecular complexity index is 745. The van der Waals surface area contributed by atoms with Crippen LogP contribution in [0.25, 0.3) is 0 Å². The number of nitrogens with zero attached hydrogens (tertiary/aromatic N) is 1. The number of carboxylic acid groups (broad SMARTS) is 1. The number of methoxy groups -OCH3 is 1. The first-order valence-electron chi connectivity index (χ1n) is 9.85. The Labute approximate surface area is 173 Å². The van der Waals surface area contributed by atoms with Crippen LogP contribution in [0.2, 0.25) is 0 Å². The summed E-state index contributed by atoms with van der Waals surface area (Å²) in [6, 6.07) is 3.65. The van der Waals surface area contributed by atoms with Crippen molar-refractivity contribution in [2.75, 3.05) is 26.7 Å². The first-order chi connectivity index (χ1) is 13.8. The fourth-order valence-corrected chi connectivity index (χ4v) is 4.25. The molecule has 0 saturated carbocycles. The molecule has 170 valence electrons. The first kappa shape index (κ1) is 24.4. The molecular formula is C21H29F4NO4. The molecule has 0 bridgehead atoms. The van der Waals surface area contributed by atoms with Gasteiger partial charge >= 0.3 is 12.1 Å². The Hall–Kier alpha value is -1.87. The molecule has 1 fully saturated rings. The molecule has 1 heterocycles. The van der Waals surface area contributed by atoms with E-state index in [2.05, 4.69) is 0 Å². The molecule has 0 aliphatic carbocycles. The zero-order valence-corrected chi connectivity index (χ0v) is 17.4. The molecule has 1 saturated heterocycles. The SMILES string of the molecule is COc1ccc(F)cc1C(C)(C)CC(O)(CN1CCC(CC(=O)O)CC1)C(F)(F)F. The number of alkyl halides is 3. The van der Waals surface area contributed by atoms with Crippen LogP contribution in [0.3, 0.4) is 0 Å².